The normalized spacial score (nSPS) is 16.8. The van der Waals surface area contributed by atoms with E-state index in [0.717, 1.165) is 67.0 Å². The summed E-state index contributed by atoms with van der Waals surface area (Å²) in [5, 5.41) is 1.64. The van der Waals surface area contributed by atoms with Crippen LogP contribution >= 0.6 is 0 Å². The molecule has 0 amide bonds. The van der Waals surface area contributed by atoms with Crippen LogP contribution in [-0.2, 0) is 33.2 Å². The summed E-state index contributed by atoms with van der Waals surface area (Å²) in [6.07, 6.45) is 3.37. The molecule has 0 spiro atoms. The van der Waals surface area contributed by atoms with Gasteiger partial charge in [-0.05, 0) is 49.6 Å². The molecule has 1 N–H and O–H groups in total. The van der Waals surface area contributed by atoms with Crippen LogP contribution in [0.1, 0.15) is 35.1 Å². The minimum Gasteiger partial charge on any atom is -0.455 e. The zero-order chi connectivity index (χ0) is 27.0. The van der Waals surface area contributed by atoms with Crippen LogP contribution in [0.15, 0.2) is 52.3 Å². The van der Waals surface area contributed by atoms with E-state index >= 15 is 0 Å². The third kappa shape index (κ3) is 3.91. The number of benzene rings is 3. The average Bonchev–Trinajstić information content (AvgIpc) is 2.86. The van der Waals surface area contributed by atoms with Crippen LogP contribution in [0.3, 0.4) is 0 Å². The molecule has 0 saturated carbocycles. The van der Waals surface area contributed by atoms with Crippen LogP contribution in [0, 0.1) is 0 Å². The van der Waals surface area contributed by atoms with Crippen molar-refractivity contribution in [2.45, 2.75) is 35.5 Å². The van der Waals surface area contributed by atoms with Gasteiger partial charge in [-0.2, -0.15) is 16.8 Å². The van der Waals surface area contributed by atoms with Gasteiger partial charge in [-0.15, -0.1) is 3.89 Å². The van der Waals surface area contributed by atoms with Gasteiger partial charge < -0.3 is 9.64 Å². The Balaban J connectivity index is 1.78. The van der Waals surface area contributed by atoms with Crippen LogP contribution < -0.4 is 24.8 Å². The number of rotatable bonds is 3. The summed E-state index contributed by atoms with van der Waals surface area (Å²) >= 11 is 0. The number of nitrogens with zero attached hydrogens (tertiary/aromatic N) is 2. The SMILES string of the molecule is CN1CCCc2c1ccc1c2Oc2c3c(ccc2=C1c1ccc(S(=O)(=O)F)cc1S(=O)(=O)O)=[N+](C)CCC3. The maximum atomic E-state index is 13.9. The molecule has 3 heterocycles. The second kappa shape index (κ2) is 8.62. The van der Waals surface area contributed by atoms with E-state index in [9.17, 15) is 25.3 Å². The third-order valence-electron chi connectivity index (χ3n) is 7.66. The van der Waals surface area contributed by atoms with Crippen molar-refractivity contribution in [3.8, 4) is 11.5 Å². The molecule has 0 bridgehead atoms. The highest BCUT2D eigenvalue weighted by atomic mass is 32.3. The lowest BCUT2D eigenvalue weighted by Gasteiger charge is -2.32. The topological polar surface area (TPSA) is 104 Å². The molecule has 8 nitrogen and oxygen atoms in total. The number of halogens is 1. The predicted octanol–water partition coefficient (Wildman–Crippen LogP) is 2.39. The van der Waals surface area contributed by atoms with E-state index in [-0.39, 0.29) is 5.56 Å². The van der Waals surface area contributed by atoms with Gasteiger partial charge in [-0.25, -0.2) is 4.58 Å². The Kier molecular flexibility index (Phi) is 5.68. The van der Waals surface area contributed by atoms with Crippen LogP contribution in [0.4, 0.5) is 9.57 Å². The van der Waals surface area contributed by atoms with Crippen LogP contribution in [-0.4, -0.2) is 48.6 Å². The van der Waals surface area contributed by atoms with Gasteiger partial charge in [0.25, 0.3) is 10.1 Å². The predicted molar refractivity (Wildman–Crippen MR) is 140 cm³/mol. The van der Waals surface area contributed by atoms with Crippen LogP contribution in [0.25, 0.3) is 5.57 Å². The van der Waals surface area contributed by atoms with Crippen molar-refractivity contribution < 1.29 is 30.0 Å². The molecule has 3 aromatic carbocycles. The van der Waals surface area contributed by atoms with Crippen molar-refractivity contribution in [1.29, 1.82) is 0 Å². The second-order valence-electron chi connectivity index (χ2n) is 9.98. The first-order valence-corrected chi connectivity index (χ1v) is 15.1. The maximum absolute atomic E-state index is 13.9. The van der Waals surface area contributed by atoms with E-state index < -0.39 is 30.1 Å². The fourth-order valence-electron chi connectivity index (χ4n) is 5.90. The minimum absolute atomic E-state index is 0.0685. The number of hydrogen-bond donors (Lipinski definition) is 1. The van der Waals surface area contributed by atoms with E-state index in [0.29, 0.717) is 33.9 Å². The van der Waals surface area contributed by atoms with E-state index in [1.54, 1.807) is 0 Å². The number of ether oxygens (including phenoxy) is 1. The van der Waals surface area contributed by atoms with Crippen molar-refractivity contribution in [3.63, 3.8) is 0 Å². The van der Waals surface area contributed by atoms with Crippen LogP contribution in [0.2, 0.25) is 0 Å². The Hall–Kier alpha value is -3.28. The highest BCUT2D eigenvalue weighted by molar-refractivity contribution is 7.87. The van der Waals surface area contributed by atoms with Crippen molar-refractivity contribution in [2.75, 3.05) is 32.1 Å². The Labute approximate surface area is 220 Å². The molecule has 198 valence electrons. The standard InChI is InChI=1S/C27H25FN2O6S2/c1-29-13-3-5-17-22(29)11-9-20-25(19-8-7-16(37(28,31)32)15-24(19)38(33,34)35)21-10-12-23-18(6-4-14-30(23)2)27(21)36-26(17)20/h7-12,15H,3-6,13-14H2,1-2H3/p+1. The van der Waals surface area contributed by atoms with Gasteiger partial charge >= 0.3 is 10.2 Å². The number of fused-ring (bicyclic) bond motifs is 6. The summed E-state index contributed by atoms with van der Waals surface area (Å²) in [5.41, 5.74) is 4.18. The fraction of sp³-hybridized carbons (Fsp3) is 0.296. The molecule has 3 aromatic rings. The zero-order valence-electron chi connectivity index (χ0n) is 20.9. The highest BCUT2D eigenvalue weighted by Crippen LogP contribution is 2.45. The Morgan fingerprint density at radius 1 is 0.947 bits per heavy atom. The van der Waals surface area contributed by atoms with Crippen LogP contribution in [0.5, 0.6) is 11.5 Å². The van der Waals surface area contributed by atoms with Gasteiger partial charge in [0.15, 0.2) is 0 Å². The molecular weight excluding hydrogens is 531 g/mol. The number of anilines is 1. The van der Waals surface area contributed by atoms with Gasteiger partial charge in [0.2, 0.25) is 5.36 Å². The summed E-state index contributed by atoms with van der Waals surface area (Å²) in [6.45, 7) is 1.79. The zero-order valence-corrected chi connectivity index (χ0v) is 22.5. The van der Waals surface area contributed by atoms with Gasteiger partial charge in [0.05, 0.1) is 10.5 Å². The molecule has 38 heavy (non-hydrogen) atoms. The molecule has 0 fully saturated rings. The summed E-state index contributed by atoms with van der Waals surface area (Å²) in [4.78, 5) is 0.618. The quantitative estimate of drug-likeness (QED) is 0.234. The Bertz CT molecular complexity index is 1890. The van der Waals surface area contributed by atoms with Crippen molar-refractivity contribution in [1.82, 2.24) is 4.58 Å². The van der Waals surface area contributed by atoms with Gasteiger partial charge in [-0.1, -0.05) is 6.07 Å². The molecule has 0 atom stereocenters. The smallest absolute Gasteiger partial charge is 0.332 e. The molecule has 0 aliphatic carbocycles. The van der Waals surface area contributed by atoms with E-state index in [2.05, 4.69) is 9.48 Å². The highest BCUT2D eigenvalue weighted by Gasteiger charge is 2.33. The van der Waals surface area contributed by atoms with Crippen molar-refractivity contribution in [3.05, 3.63) is 75.3 Å². The van der Waals surface area contributed by atoms with Gasteiger partial charge in [0.1, 0.15) is 30.0 Å². The molecule has 3 aliphatic heterocycles. The van der Waals surface area contributed by atoms with Crippen molar-refractivity contribution in [2.24, 2.45) is 0 Å². The average molecular weight is 558 g/mol. The van der Waals surface area contributed by atoms with E-state index in [1.807, 2.05) is 38.4 Å². The summed E-state index contributed by atoms with van der Waals surface area (Å²) in [5.74, 6) is 1.23. The lowest BCUT2D eigenvalue weighted by atomic mass is 9.87. The first kappa shape index (κ1) is 25.0. The lowest BCUT2D eigenvalue weighted by Crippen LogP contribution is -2.37. The largest absolute Gasteiger partial charge is 0.455 e. The summed E-state index contributed by atoms with van der Waals surface area (Å²) in [6, 6.07) is 10.5. The molecule has 6 rings (SSSR count). The monoisotopic (exact) mass is 557 g/mol. The molecule has 0 saturated heterocycles. The molecule has 11 heteroatoms. The first-order valence-electron chi connectivity index (χ1n) is 12.3. The Morgan fingerprint density at radius 3 is 2.42 bits per heavy atom. The maximum Gasteiger partial charge on any atom is 0.332 e. The molecule has 0 aromatic heterocycles. The van der Waals surface area contributed by atoms with Gasteiger partial charge in [-0.3, -0.25) is 4.55 Å². The Morgan fingerprint density at radius 2 is 1.68 bits per heavy atom. The number of hydrogen-bond acceptors (Lipinski definition) is 6. The van der Waals surface area contributed by atoms with Gasteiger partial charge in [0, 0.05) is 59.2 Å². The summed E-state index contributed by atoms with van der Waals surface area (Å²) in [7, 11) is -6.12. The van der Waals surface area contributed by atoms with E-state index in [4.69, 9.17) is 4.74 Å². The lowest BCUT2D eigenvalue weighted by molar-refractivity contribution is 0.448. The molecule has 0 radical (unpaired) electrons. The third-order valence-corrected chi connectivity index (χ3v) is 9.37. The summed E-state index contributed by atoms with van der Waals surface area (Å²) < 4.78 is 81.1. The molecule has 3 aliphatic rings. The molecular formula is C27H26FN2O6S2+. The fourth-order valence-corrected chi connectivity index (χ4v) is 7.19. The second-order valence-corrected chi connectivity index (χ2v) is 12.7. The van der Waals surface area contributed by atoms with Crippen molar-refractivity contribution >= 4 is 31.6 Å². The molecule has 0 unspecified atom stereocenters. The minimum atomic E-state index is -5.21. The van der Waals surface area contributed by atoms with E-state index in [1.165, 1.54) is 6.07 Å². The first-order chi connectivity index (χ1) is 17.9.